The Bertz CT molecular complexity index is 582. The van der Waals surface area contributed by atoms with Crippen molar-refractivity contribution >= 4 is 17.0 Å². The standard InChI is InChI=1S/C14H15NO3/c16-14(17)15-11-6-2-1-5-10(11)9-12(15)13-7-3-4-8-18-13/h1-2,5-6,9,13H,3-4,7-8H2,(H,16,17). The Labute approximate surface area is 105 Å². The predicted octanol–water partition coefficient (Wildman–Crippen LogP) is 3.41. The van der Waals surface area contributed by atoms with E-state index in [0.717, 1.165) is 35.9 Å². The summed E-state index contributed by atoms with van der Waals surface area (Å²) in [5.74, 6) is 0. The number of benzene rings is 1. The van der Waals surface area contributed by atoms with Gasteiger partial charge < -0.3 is 9.84 Å². The summed E-state index contributed by atoms with van der Waals surface area (Å²) in [6.07, 6.45) is 2.00. The fourth-order valence-corrected chi connectivity index (χ4v) is 2.60. The van der Waals surface area contributed by atoms with Gasteiger partial charge in [0, 0.05) is 12.0 Å². The number of nitrogens with zero attached hydrogens (tertiary/aromatic N) is 1. The first-order chi connectivity index (χ1) is 8.77. The summed E-state index contributed by atoms with van der Waals surface area (Å²) < 4.78 is 7.05. The van der Waals surface area contributed by atoms with Gasteiger partial charge in [-0.1, -0.05) is 18.2 Å². The van der Waals surface area contributed by atoms with Crippen molar-refractivity contribution in [1.29, 1.82) is 0 Å². The van der Waals surface area contributed by atoms with E-state index in [2.05, 4.69) is 0 Å². The lowest BCUT2D eigenvalue weighted by Crippen LogP contribution is -2.19. The molecule has 1 N–H and O–H groups in total. The van der Waals surface area contributed by atoms with E-state index < -0.39 is 6.09 Å². The summed E-state index contributed by atoms with van der Waals surface area (Å²) in [4.78, 5) is 11.4. The van der Waals surface area contributed by atoms with Crippen LogP contribution in [0.2, 0.25) is 0 Å². The third kappa shape index (κ3) is 1.78. The van der Waals surface area contributed by atoms with Crippen molar-refractivity contribution in [3.63, 3.8) is 0 Å². The molecule has 3 rings (SSSR count). The maximum absolute atomic E-state index is 11.4. The van der Waals surface area contributed by atoms with Crippen molar-refractivity contribution < 1.29 is 14.6 Å². The number of carboxylic acid groups (broad SMARTS) is 1. The smallest absolute Gasteiger partial charge is 0.416 e. The van der Waals surface area contributed by atoms with Gasteiger partial charge in [0.15, 0.2) is 0 Å². The molecule has 1 aliphatic heterocycles. The first-order valence-corrected chi connectivity index (χ1v) is 6.22. The van der Waals surface area contributed by atoms with Crippen LogP contribution in [0.4, 0.5) is 4.79 Å². The third-order valence-corrected chi connectivity index (χ3v) is 3.44. The molecule has 94 valence electrons. The molecule has 0 radical (unpaired) electrons. The summed E-state index contributed by atoms with van der Waals surface area (Å²) in [5.41, 5.74) is 1.48. The number of aromatic nitrogens is 1. The van der Waals surface area contributed by atoms with E-state index in [4.69, 9.17) is 4.74 Å². The lowest BCUT2D eigenvalue weighted by atomic mass is 10.1. The number of hydrogen-bond acceptors (Lipinski definition) is 2. The van der Waals surface area contributed by atoms with E-state index in [1.165, 1.54) is 4.57 Å². The molecule has 1 saturated heterocycles. The van der Waals surface area contributed by atoms with Gasteiger partial charge in [0.1, 0.15) is 0 Å². The van der Waals surface area contributed by atoms with Crippen LogP contribution in [0.1, 0.15) is 31.1 Å². The van der Waals surface area contributed by atoms with Gasteiger partial charge in [-0.3, -0.25) is 0 Å². The van der Waals surface area contributed by atoms with E-state index in [1.54, 1.807) is 0 Å². The average molecular weight is 245 g/mol. The van der Waals surface area contributed by atoms with Gasteiger partial charge in [-0.05, 0) is 31.4 Å². The molecular formula is C14H15NO3. The van der Waals surface area contributed by atoms with E-state index >= 15 is 0 Å². The molecule has 4 nitrogen and oxygen atoms in total. The normalized spacial score (nSPS) is 20.1. The highest BCUT2D eigenvalue weighted by Crippen LogP contribution is 2.32. The SMILES string of the molecule is O=C(O)n1c(C2CCCCO2)cc2ccccc21. The number of fused-ring (bicyclic) bond motifs is 1. The topological polar surface area (TPSA) is 51.5 Å². The number of ether oxygens (including phenoxy) is 1. The first kappa shape index (κ1) is 11.3. The fraction of sp³-hybridized carbons (Fsp3) is 0.357. The Kier molecular flexibility index (Phi) is 2.80. The Balaban J connectivity index is 2.14. The van der Waals surface area contributed by atoms with E-state index in [9.17, 15) is 9.90 Å². The summed E-state index contributed by atoms with van der Waals surface area (Å²) in [7, 11) is 0. The van der Waals surface area contributed by atoms with Gasteiger partial charge in [0.05, 0.1) is 17.3 Å². The molecule has 4 heteroatoms. The van der Waals surface area contributed by atoms with Gasteiger partial charge in [0.2, 0.25) is 0 Å². The molecule has 1 aliphatic rings. The summed E-state index contributed by atoms with van der Waals surface area (Å²) in [5, 5.41) is 10.3. The molecule has 1 fully saturated rings. The highest BCUT2D eigenvalue weighted by molar-refractivity contribution is 5.90. The lowest BCUT2D eigenvalue weighted by Gasteiger charge is -2.23. The zero-order valence-corrected chi connectivity index (χ0v) is 10.0. The van der Waals surface area contributed by atoms with Crippen LogP contribution in [-0.4, -0.2) is 22.4 Å². The molecule has 0 saturated carbocycles. The Morgan fingerprint density at radius 1 is 1.33 bits per heavy atom. The van der Waals surface area contributed by atoms with Crippen molar-refractivity contribution in [3.05, 3.63) is 36.0 Å². The van der Waals surface area contributed by atoms with Gasteiger partial charge in [-0.2, -0.15) is 0 Å². The van der Waals surface area contributed by atoms with E-state index in [-0.39, 0.29) is 6.10 Å². The lowest BCUT2D eigenvalue weighted by molar-refractivity contribution is 0.0109. The van der Waals surface area contributed by atoms with Crippen molar-refractivity contribution in [1.82, 2.24) is 4.57 Å². The molecule has 1 atom stereocenters. The van der Waals surface area contributed by atoms with Crippen LogP contribution >= 0.6 is 0 Å². The molecule has 0 aliphatic carbocycles. The van der Waals surface area contributed by atoms with Crippen molar-refractivity contribution in [2.45, 2.75) is 25.4 Å². The predicted molar refractivity (Wildman–Crippen MR) is 67.9 cm³/mol. The number of hydrogen-bond donors (Lipinski definition) is 1. The molecule has 0 bridgehead atoms. The molecule has 18 heavy (non-hydrogen) atoms. The molecule has 2 heterocycles. The highest BCUT2D eigenvalue weighted by atomic mass is 16.5. The summed E-state index contributed by atoms with van der Waals surface area (Å²) >= 11 is 0. The van der Waals surface area contributed by atoms with Gasteiger partial charge in [-0.25, -0.2) is 9.36 Å². The molecule has 0 spiro atoms. The quantitative estimate of drug-likeness (QED) is 0.837. The molecule has 2 aromatic rings. The van der Waals surface area contributed by atoms with Crippen LogP contribution in [-0.2, 0) is 4.74 Å². The Hall–Kier alpha value is -1.81. The minimum atomic E-state index is -0.944. The van der Waals surface area contributed by atoms with Crippen LogP contribution in [0.25, 0.3) is 10.9 Å². The first-order valence-electron chi connectivity index (χ1n) is 6.22. The highest BCUT2D eigenvalue weighted by Gasteiger charge is 2.23. The van der Waals surface area contributed by atoms with Crippen molar-refractivity contribution in [2.24, 2.45) is 0 Å². The largest absolute Gasteiger partial charge is 0.464 e. The van der Waals surface area contributed by atoms with Crippen molar-refractivity contribution in [3.8, 4) is 0 Å². The summed E-state index contributed by atoms with van der Waals surface area (Å²) in [6, 6.07) is 9.46. The molecule has 1 aromatic carbocycles. The van der Waals surface area contributed by atoms with Gasteiger partial charge in [0.25, 0.3) is 0 Å². The van der Waals surface area contributed by atoms with E-state index in [1.807, 2.05) is 30.3 Å². The fourth-order valence-electron chi connectivity index (χ4n) is 2.60. The van der Waals surface area contributed by atoms with Crippen LogP contribution in [0, 0.1) is 0 Å². The second-order valence-corrected chi connectivity index (χ2v) is 4.60. The van der Waals surface area contributed by atoms with E-state index in [0.29, 0.717) is 6.61 Å². The van der Waals surface area contributed by atoms with Crippen LogP contribution in [0.15, 0.2) is 30.3 Å². The number of carbonyl (C=O) groups is 1. The second-order valence-electron chi connectivity index (χ2n) is 4.60. The Morgan fingerprint density at radius 2 is 2.17 bits per heavy atom. The number of para-hydroxylation sites is 1. The molecule has 1 aromatic heterocycles. The van der Waals surface area contributed by atoms with Crippen LogP contribution < -0.4 is 0 Å². The average Bonchev–Trinajstić information content (AvgIpc) is 2.79. The minimum absolute atomic E-state index is 0.0951. The molecule has 1 unspecified atom stereocenters. The third-order valence-electron chi connectivity index (χ3n) is 3.44. The number of rotatable bonds is 1. The zero-order valence-electron chi connectivity index (χ0n) is 10.0. The van der Waals surface area contributed by atoms with Crippen LogP contribution in [0.3, 0.4) is 0 Å². The Morgan fingerprint density at radius 3 is 2.89 bits per heavy atom. The molecule has 0 amide bonds. The minimum Gasteiger partial charge on any atom is -0.464 e. The maximum atomic E-state index is 11.4. The molecular weight excluding hydrogens is 230 g/mol. The van der Waals surface area contributed by atoms with Crippen LogP contribution in [0.5, 0.6) is 0 Å². The monoisotopic (exact) mass is 245 g/mol. The van der Waals surface area contributed by atoms with Crippen molar-refractivity contribution in [2.75, 3.05) is 6.61 Å². The maximum Gasteiger partial charge on any atom is 0.416 e. The van der Waals surface area contributed by atoms with Gasteiger partial charge in [-0.15, -0.1) is 0 Å². The second kappa shape index (κ2) is 4.46. The zero-order chi connectivity index (χ0) is 12.5. The summed E-state index contributed by atoms with van der Waals surface area (Å²) in [6.45, 7) is 0.714. The van der Waals surface area contributed by atoms with Gasteiger partial charge >= 0.3 is 6.09 Å².